The van der Waals surface area contributed by atoms with Crippen LogP contribution in [-0.2, 0) is 24.6 Å². The third kappa shape index (κ3) is 5.20. The van der Waals surface area contributed by atoms with Gasteiger partial charge in [-0.1, -0.05) is 23.2 Å². The summed E-state index contributed by atoms with van der Waals surface area (Å²) in [6.45, 7) is 1.69. The summed E-state index contributed by atoms with van der Waals surface area (Å²) in [7, 11) is -7.58. The highest BCUT2D eigenvalue weighted by Crippen LogP contribution is 2.25. The summed E-state index contributed by atoms with van der Waals surface area (Å²) in [4.78, 5) is 11.4. The van der Waals surface area contributed by atoms with Gasteiger partial charge < -0.3 is 10.1 Å². The van der Waals surface area contributed by atoms with Crippen molar-refractivity contribution in [1.29, 1.82) is 0 Å². The normalized spacial score (nSPS) is 22.5. The van der Waals surface area contributed by atoms with Crippen LogP contribution < -0.4 is 10.0 Å². The minimum absolute atomic E-state index is 0.0461. The van der Waals surface area contributed by atoms with E-state index >= 15 is 0 Å². The molecule has 1 saturated heterocycles. The molecule has 0 spiro atoms. The predicted octanol–water partition coefficient (Wildman–Crippen LogP) is 1.18. The second-order valence-corrected chi connectivity index (χ2v) is 10.0. The van der Waals surface area contributed by atoms with Crippen molar-refractivity contribution < 1.29 is 26.4 Å². The number of carbonyl (C=O) groups excluding carboxylic acids is 1. The lowest BCUT2D eigenvalue weighted by atomic mass is 10.2. The molecule has 0 aliphatic carbocycles. The number of ether oxygens (including phenoxy) is 1. The van der Waals surface area contributed by atoms with Crippen LogP contribution in [0.4, 0.5) is 4.79 Å². The number of halogens is 2. The molecule has 1 aromatic carbocycles. The molecule has 12 heteroatoms. The third-order valence-electron chi connectivity index (χ3n) is 3.44. The molecule has 0 bridgehead atoms. The average molecular weight is 431 g/mol. The van der Waals surface area contributed by atoms with Crippen LogP contribution in [0.5, 0.6) is 0 Å². The Labute approximate surface area is 155 Å². The Morgan fingerprint density at radius 2 is 1.88 bits per heavy atom. The van der Waals surface area contributed by atoms with Gasteiger partial charge in [0.15, 0.2) is 9.84 Å². The van der Waals surface area contributed by atoms with Gasteiger partial charge in [-0.3, -0.25) is 0 Å². The molecule has 1 amide bonds. The van der Waals surface area contributed by atoms with E-state index in [0.29, 0.717) is 0 Å². The molecule has 2 atom stereocenters. The molecule has 0 unspecified atom stereocenters. The number of alkyl carbamates (subject to hydrolysis) is 1. The number of hydrogen-bond donors (Lipinski definition) is 2. The second-order valence-electron chi connectivity index (χ2n) is 5.35. The number of sulfone groups is 1. The van der Waals surface area contributed by atoms with E-state index in [2.05, 4.69) is 10.0 Å². The molecule has 0 radical (unpaired) electrons. The van der Waals surface area contributed by atoms with Gasteiger partial charge in [0.25, 0.3) is 0 Å². The Kier molecular flexibility index (Phi) is 6.21. The molecule has 2 rings (SSSR count). The SMILES string of the molecule is CCOC(=O)N[C@@H]1CS(=O)(=O)C[C@H]1NS(=O)(=O)c1ccc(Cl)c(Cl)c1. The molecule has 0 aromatic heterocycles. The fourth-order valence-electron chi connectivity index (χ4n) is 2.34. The van der Waals surface area contributed by atoms with Gasteiger partial charge in [-0.15, -0.1) is 0 Å². The number of amides is 1. The first-order valence-corrected chi connectivity index (χ1v) is 11.2. The lowest BCUT2D eigenvalue weighted by Crippen LogP contribution is -2.50. The summed E-state index contributed by atoms with van der Waals surface area (Å²) in [5, 5.41) is 2.60. The molecule has 1 aromatic rings. The standard InChI is InChI=1S/C13H16Cl2N2O6S2/c1-2-23-13(18)16-11-6-24(19,20)7-12(11)17-25(21,22)8-3-4-9(14)10(15)5-8/h3-5,11-12,17H,2,6-7H2,1H3,(H,16,18)/t11-,12-/m1/s1. The summed E-state index contributed by atoms with van der Waals surface area (Å²) in [6.07, 6.45) is -0.816. The number of nitrogens with one attached hydrogen (secondary N) is 2. The van der Waals surface area contributed by atoms with Crippen molar-refractivity contribution in [2.75, 3.05) is 18.1 Å². The molecule has 0 saturated carbocycles. The molecule has 25 heavy (non-hydrogen) atoms. The smallest absolute Gasteiger partial charge is 0.407 e. The van der Waals surface area contributed by atoms with Crippen molar-refractivity contribution >= 4 is 49.2 Å². The Bertz CT molecular complexity index is 873. The van der Waals surface area contributed by atoms with E-state index in [1.807, 2.05) is 0 Å². The molecule has 1 aliphatic rings. The number of benzene rings is 1. The maximum atomic E-state index is 12.5. The molecule has 2 N–H and O–H groups in total. The van der Waals surface area contributed by atoms with Gasteiger partial charge in [0.1, 0.15) is 0 Å². The van der Waals surface area contributed by atoms with Crippen molar-refractivity contribution in [3.8, 4) is 0 Å². The van der Waals surface area contributed by atoms with Crippen molar-refractivity contribution in [2.24, 2.45) is 0 Å². The predicted molar refractivity (Wildman–Crippen MR) is 93.2 cm³/mol. The van der Waals surface area contributed by atoms with Crippen LogP contribution in [0.1, 0.15) is 6.92 Å². The van der Waals surface area contributed by atoms with Crippen molar-refractivity contribution in [3.63, 3.8) is 0 Å². The number of sulfonamides is 1. The lowest BCUT2D eigenvalue weighted by molar-refractivity contribution is 0.148. The highest BCUT2D eigenvalue weighted by molar-refractivity contribution is 7.92. The first-order chi connectivity index (χ1) is 11.5. The maximum absolute atomic E-state index is 12.5. The van der Waals surface area contributed by atoms with E-state index in [0.717, 1.165) is 6.07 Å². The first kappa shape index (κ1) is 20.2. The lowest BCUT2D eigenvalue weighted by Gasteiger charge is -2.20. The van der Waals surface area contributed by atoms with E-state index in [-0.39, 0.29) is 27.3 Å². The highest BCUT2D eigenvalue weighted by Gasteiger charge is 2.41. The molecular weight excluding hydrogens is 415 g/mol. The van der Waals surface area contributed by atoms with Crippen LogP contribution in [-0.4, -0.2) is 53.1 Å². The summed E-state index contributed by atoms with van der Waals surface area (Å²) in [5.74, 6) is -0.828. The quantitative estimate of drug-likeness (QED) is 0.723. The zero-order valence-corrected chi connectivity index (χ0v) is 16.2. The van der Waals surface area contributed by atoms with Crippen LogP contribution in [0.15, 0.2) is 23.1 Å². The van der Waals surface area contributed by atoms with Crippen LogP contribution >= 0.6 is 23.2 Å². The van der Waals surface area contributed by atoms with Gasteiger partial charge in [-0.25, -0.2) is 26.4 Å². The molecule has 8 nitrogen and oxygen atoms in total. The fourth-order valence-corrected chi connectivity index (χ4v) is 5.97. The van der Waals surface area contributed by atoms with Crippen LogP contribution in [0.2, 0.25) is 10.0 Å². The number of carbonyl (C=O) groups is 1. The Morgan fingerprint density at radius 1 is 1.24 bits per heavy atom. The Hall–Kier alpha value is -1.07. The van der Waals surface area contributed by atoms with Gasteiger partial charge in [-0.2, -0.15) is 0 Å². The summed E-state index contributed by atoms with van der Waals surface area (Å²) < 4.78 is 55.6. The van der Waals surface area contributed by atoms with Crippen molar-refractivity contribution in [1.82, 2.24) is 10.0 Å². The van der Waals surface area contributed by atoms with Crippen molar-refractivity contribution in [3.05, 3.63) is 28.2 Å². The van der Waals surface area contributed by atoms with Crippen LogP contribution in [0.25, 0.3) is 0 Å². The minimum Gasteiger partial charge on any atom is -0.450 e. The topological polar surface area (TPSA) is 119 Å². The minimum atomic E-state index is -4.06. The fraction of sp³-hybridized carbons (Fsp3) is 0.462. The third-order valence-corrected chi connectivity index (χ3v) is 7.40. The first-order valence-electron chi connectivity index (χ1n) is 7.15. The average Bonchev–Trinajstić information content (AvgIpc) is 2.75. The van der Waals surface area contributed by atoms with E-state index in [1.54, 1.807) is 6.92 Å². The molecular formula is C13H16Cl2N2O6S2. The molecule has 140 valence electrons. The van der Waals surface area contributed by atoms with Crippen LogP contribution in [0.3, 0.4) is 0 Å². The monoisotopic (exact) mass is 430 g/mol. The summed E-state index contributed by atoms with van der Waals surface area (Å²) in [5.41, 5.74) is 0. The Morgan fingerprint density at radius 3 is 2.48 bits per heavy atom. The van der Waals surface area contributed by atoms with E-state index in [9.17, 15) is 21.6 Å². The molecule has 1 fully saturated rings. The molecule has 1 aliphatic heterocycles. The van der Waals surface area contributed by atoms with Gasteiger partial charge in [-0.05, 0) is 25.1 Å². The second kappa shape index (κ2) is 7.67. The van der Waals surface area contributed by atoms with Gasteiger partial charge >= 0.3 is 6.09 Å². The van der Waals surface area contributed by atoms with Gasteiger partial charge in [0.05, 0.1) is 45.1 Å². The van der Waals surface area contributed by atoms with Crippen molar-refractivity contribution in [2.45, 2.75) is 23.9 Å². The Balaban J connectivity index is 2.22. The van der Waals surface area contributed by atoms with E-state index in [1.165, 1.54) is 12.1 Å². The van der Waals surface area contributed by atoms with Crippen LogP contribution in [0, 0.1) is 0 Å². The zero-order chi connectivity index (χ0) is 18.8. The summed E-state index contributed by atoms with van der Waals surface area (Å²) >= 11 is 11.6. The van der Waals surface area contributed by atoms with Gasteiger partial charge in [0, 0.05) is 0 Å². The van der Waals surface area contributed by atoms with E-state index < -0.39 is 43.8 Å². The largest absolute Gasteiger partial charge is 0.450 e. The van der Waals surface area contributed by atoms with Gasteiger partial charge in [0.2, 0.25) is 10.0 Å². The highest BCUT2D eigenvalue weighted by atomic mass is 35.5. The maximum Gasteiger partial charge on any atom is 0.407 e. The van der Waals surface area contributed by atoms with E-state index in [4.69, 9.17) is 27.9 Å². The number of hydrogen-bond acceptors (Lipinski definition) is 6. The molecule has 1 heterocycles. The number of rotatable bonds is 5. The zero-order valence-electron chi connectivity index (χ0n) is 13.0. The summed E-state index contributed by atoms with van der Waals surface area (Å²) in [6, 6.07) is 1.74.